The van der Waals surface area contributed by atoms with Crippen molar-refractivity contribution in [3.63, 3.8) is 0 Å². The number of nitrogens with zero attached hydrogens (tertiary/aromatic N) is 2. The third-order valence-corrected chi connectivity index (χ3v) is 2.62. The van der Waals surface area contributed by atoms with Gasteiger partial charge in [-0.2, -0.15) is 0 Å². The van der Waals surface area contributed by atoms with E-state index in [4.69, 9.17) is 5.73 Å². The van der Waals surface area contributed by atoms with Crippen molar-refractivity contribution in [3.05, 3.63) is 24.3 Å². The van der Waals surface area contributed by atoms with Crippen LogP contribution in [-0.2, 0) is 5.60 Å². The van der Waals surface area contributed by atoms with Crippen LogP contribution in [0.5, 0.6) is 0 Å². The summed E-state index contributed by atoms with van der Waals surface area (Å²) in [7, 11) is 0. The van der Waals surface area contributed by atoms with E-state index in [1.165, 1.54) is 6.33 Å². The fraction of sp³-hybridized carbons (Fsp3) is 0.556. The largest absolute Gasteiger partial charge is 0.383 e. The van der Waals surface area contributed by atoms with E-state index in [0.717, 1.165) is 18.4 Å². The fourth-order valence-corrected chi connectivity index (χ4v) is 1.60. The summed E-state index contributed by atoms with van der Waals surface area (Å²) in [6, 6.07) is 0. The van der Waals surface area contributed by atoms with Crippen molar-refractivity contribution in [2.24, 2.45) is 11.7 Å². The lowest BCUT2D eigenvalue weighted by Gasteiger charge is -2.25. The number of aliphatic hydroxyl groups is 1. The van der Waals surface area contributed by atoms with E-state index >= 15 is 0 Å². The maximum absolute atomic E-state index is 10.2. The highest BCUT2D eigenvalue weighted by Gasteiger charge is 2.44. The van der Waals surface area contributed by atoms with Crippen LogP contribution in [0, 0.1) is 5.92 Å². The number of aromatic nitrogens is 2. The summed E-state index contributed by atoms with van der Waals surface area (Å²) in [4.78, 5) is 7.76. The Morgan fingerprint density at radius 3 is 2.54 bits per heavy atom. The van der Waals surface area contributed by atoms with Crippen LogP contribution in [0.4, 0.5) is 0 Å². The Balaban J connectivity index is 2.30. The summed E-state index contributed by atoms with van der Waals surface area (Å²) < 4.78 is 0. The first kappa shape index (κ1) is 8.59. The smallest absolute Gasteiger partial charge is 0.115 e. The summed E-state index contributed by atoms with van der Waals surface area (Å²) in [5.41, 5.74) is 5.41. The third kappa shape index (κ3) is 1.43. The van der Waals surface area contributed by atoms with Gasteiger partial charge in [-0.15, -0.1) is 0 Å². The van der Waals surface area contributed by atoms with Gasteiger partial charge >= 0.3 is 0 Å². The molecule has 4 heteroatoms. The third-order valence-electron chi connectivity index (χ3n) is 2.62. The van der Waals surface area contributed by atoms with Gasteiger partial charge in [-0.3, -0.25) is 0 Å². The van der Waals surface area contributed by atoms with Crippen LogP contribution in [0.2, 0.25) is 0 Å². The van der Waals surface area contributed by atoms with Crippen LogP contribution in [0.25, 0.3) is 0 Å². The molecule has 0 bridgehead atoms. The standard InChI is InChI=1S/C9H13N3O/c10-5-9(13,7-1-2-7)8-3-11-6-12-4-8/h3-4,6-7,13H,1-2,5,10H2. The monoisotopic (exact) mass is 179 g/mol. The molecule has 1 aromatic heterocycles. The van der Waals surface area contributed by atoms with Crippen LogP contribution in [0.15, 0.2) is 18.7 Å². The quantitative estimate of drug-likeness (QED) is 0.686. The van der Waals surface area contributed by atoms with Gasteiger partial charge in [0.25, 0.3) is 0 Å². The summed E-state index contributed by atoms with van der Waals surface area (Å²) in [5.74, 6) is 0.295. The minimum Gasteiger partial charge on any atom is -0.383 e. The molecule has 1 atom stereocenters. The molecule has 0 amide bonds. The number of rotatable bonds is 3. The number of hydrogen-bond acceptors (Lipinski definition) is 4. The Morgan fingerprint density at radius 1 is 1.46 bits per heavy atom. The molecule has 1 heterocycles. The summed E-state index contributed by atoms with van der Waals surface area (Å²) in [5, 5.41) is 10.2. The molecule has 0 spiro atoms. The van der Waals surface area contributed by atoms with Crippen molar-refractivity contribution in [3.8, 4) is 0 Å². The molecule has 1 aromatic rings. The van der Waals surface area contributed by atoms with Gasteiger partial charge in [0.05, 0.1) is 0 Å². The van der Waals surface area contributed by atoms with E-state index < -0.39 is 5.60 Å². The molecule has 1 aliphatic rings. The average molecular weight is 179 g/mol. The lowest BCUT2D eigenvalue weighted by molar-refractivity contribution is 0.0215. The molecule has 0 aliphatic heterocycles. The first-order valence-corrected chi connectivity index (χ1v) is 4.45. The summed E-state index contributed by atoms with van der Waals surface area (Å²) in [6.07, 6.45) is 6.81. The van der Waals surface area contributed by atoms with Gasteiger partial charge in [0.15, 0.2) is 0 Å². The number of hydrogen-bond donors (Lipinski definition) is 2. The van der Waals surface area contributed by atoms with Crippen molar-refractivity contribution in [2.75, 3.05) is 6.54 Å². The molecule has 1 aliphatic carbocycles. The van der Waals surface area contributed by atoms with Crippen LogP contribution >= 0.6 is 0 Å². The fourth-order valence-electron chi connectivity index (χ4n) is 1.60. The molecule has 3 N–H and O–H groups in total. The zero-order chi connectivity index (χ0) is 9.31. The van der Waals surface area contributed by atoms with Crippen molar-refractivity contribution < 1.29 is 5.11 Å². The first-order chi connectivity index (χ1) is 6.27. The van der Waals surface area contributed by atoms with Crippen LogP contribution in [0.3, 0.4) is 0 Å². The first-order valence-electron chi connectivity index (χ1n) is 4.45. The minimum atomic E-state index is -0.902. The SMILES string of the molecule is NCC(O)(c1cncnc1)C1CC1. The molecule has 0 saturated heterocycles. The predicted molar refractivity (Wildman–Crippen MR) is 47.7 cm³/mol. The van der Waals surface area contributed by atoms with Crippen molar-refractivity contribution in [1.82, 2.24) is 9.97 Å². The maximum Gasteiger partial charge on any atom is 0.115 e. The molecule has 1 fully saturated rings. The van der Waals surface area contributed by atoms with E-state index in [2.05, 4.69) is 9.97 Å². The molecule has 1 saturated carbocycles. The van der Waals surface area contributed by atoms with Crippen LogP contribution < -0.4 is 5.73 Å². The van der Waals surface area contributed by atoms with E-state index in [9.17, 15) is 5.11 Å². The van der Waals surface area contributed by atoms with Gasteiger partial charge in [-0.25, -0.2) is 9.97 Å². The highest BCUT2D eigenvalue weighted by Crippen LogP contribution is 2.44. The molecule has 0 aromatic carbocycles. The second-order valence-corrected chi connectivity index (χ2v) is 3.53. The molecular weight excluding hydrogens is 166 g/mol. The molecule has 1 unspecified atom stereocenters. The Morgan fingerprint density at radius 2 is 2.08 bits per heavy atom. The molecule has 13 heavy (non-hydrogen) atoms. The van der Waals surface area contributed by atoms with Crippen molar-refractivity contribution in [2.45, 2.75) is 18.4 Å². The lowest BCUT2D eigenvalue weighted by atomic mass is 9.91. The Labute approximate surface area is 76.8 Å². The Kier molecular flexibility index (Phi) is 2.01. The lowest BCUT2D eigenvalue weighted by Crippen LogP contribution is -2.37. The van der Waals surface area contributed by atoms with Gasteiger partial charge < -0.3 is 10.8 Å². The predicted octanol–water partition coefficient (Wildman–Crippen LogP) is 0.0329. The topological polar surface area (TPSA) is 72.0 Å². The average Bonchev–Trinajstić information content (AvgIpc) is 3.02. The van der Waals surface area contributed by atoms with E-state index in [-0.39, 0.29) is 6.54 Å². The van der Waals surface area contributed by atoms with Crippen LogP contribution in [-0.4, -0.2) is 21.6 Å². The Hall–Kier alpha value is -1.00. The summed E-state index contributed by atoms with van der Waals surface area (Å²) >= 11 is 0. The van der Waals surface area contributed by atoms with Gasteiger partial charge in [-0.1, -0.05) is 0 Å². The molecule has 4 nitrogen and oxygen atoms in total. The zero-order valence-corrected chi connectivity index (χ0v) is 7.35. The van der Waals surface area contributed by atoms with Gasteiger partial charge in [-0.05, 0) is 18.8 Å². The maximum atomic E-state index is 10.2. The van der Waals surface area contributed by atoms with Crippen LogP contribution in [0.1, 0.15) is 18.4 Å². The normalized spacial score (nSPS) is 21.1. The molecule has 0 radical (unpaired) electrons. The van der Waals surface area contributed by atoms with E-state index in [1.54, 1.807) is 12.4 Å². The van der Waals surface area contributed by atoms with Gasteiger partial charge in [0.1, 0.15) is 11.9 Å². The zero-order valence-electron chi connectivity index (χ0n) is 7.35. The second-order valence-electron chi connectivity index (χ2n) is 3.53. The number of nitrogens with two attached hydrogens (primary N) is 1. The van der Waals surface area contributed by atoms with Gasteiger partial charge in [0.2, 0.25) is 0 Å². The van der Waals surface area contributed by atoms with Gasteiger partial charge in [0, 0.05) is 24.5 Å². The molecular formula is C9H13N3O. The highest BCUT2D eigenvalue weighted by molar-refractivity contribution is 5.19. The van der Waals surface area contributed by atoms with Crippen molar-refractivity contribution in [1.29, 1.82) is 0 Å². The Bertz CT molecular complexity index is 286. The highest BCUT2D eigenvalue weighted by atomic mass is 16.3. The minimum absolute atomic E-state index is 0.241. The van der Waals surface area contributed by atoms with E-state index in [0.29, 0.717) is 5.92 Å². The molecule has 2 rings (SSSR count). The summed E-state index contributed by atoms with van der Waals surface area (Å²) in [6.45, 7) is 0.241. The van der Waals surface area contributed by atoms with Crippen molar-refractivity contribution >= 4 is 0 Å². The molecule has 70 valence electrons. The van der Waals surface area contributed by atoms with E-state index in [1.807, 2.05) is 0 Å². The second kappa shape index (κ2) is 3.05.